The fourth-order valence-electron chi connectivity index (χ4n) is 2.45. The second kappa shape index (κ2) is 8.89. The molecule has 0 aliphatic heterocycles. The summed E-state index contributed by atoms with van der Waals surface area (Å²) in [5.41, 5.74) is 9.36. The Morgan fingerprint density at radius 3 is 2.62 bits per heavy atom. The minimum Gasteiger partial charge on any atom is -0.496 e. The van der Waals surface area contributed by atoms with E-state index in [0.717, 1.165) is 11.3 Å². The van der Waals surface area contributed by atoms with Gasteiger partial charge in [0.1, 0.15) is 11.3 Å². The van der Waals surface area contributed by atoms with Gasteiger partial charge in [-0.1, -0.05) is 32.0 Å². The van der Waals surface area contributed by atoms with Crippen molar-refractivity contribution >= 4 is 17.6 Å². The van der Waals surface area contributed by atoms with Gasteiger partial charge in [-0.25, -0.2) is 9.79 Å². The monoisotopic (exact) mass is 355 g/mol. The van der Waals surface area contributed by atoms with Gasteiger partial charge in [0.2, 0.25) is 0 Å². The molecule has 0 aromatic heterocycles. The Morgan fingerprint density at radius 2 is 1.96 bits per heavy atom. The lowest BCUT2D eigenvalue weighted by Gasteiger charge is -2.10. The van der Waals surface area contributed by atoms with Gasteiger partial charge in [-0.3, -0.25) is 0 Å². The zero-order valence-electron chi connectivity index (χ0n) is 15.6. The van der Waals surface area contributed by atoms with Crippen LogP contribution >= 0.6 is 0 Å². The summed E-state index contributed by atoms with van der Waals surface area (Å²) in [5.74, 6) is 0.765. The average molecular weight is 355 g/mol. The van der Waals surface area contributed by atoms with Crippen molar-refractivity contribution in [3.05, 3.63) is 59.2 Å². The Labute approximate surface area is 154 Å². The Kier molecular flexibility index (Phi) is 6.60. The molecular weight excluding hydrogens is 330 g/mol. The lowest BCUT2D eigenvalue weighted by molar-refractivity contribution is 0.0597. The summed E-state index contributed by atoms with van der Waals surface area (Å²) in [4.78, 5) is 16.0. The third kappa shape index (κ3) is 4.99. The quantitative estimate of drug-likeness (QED) is 0.470. The number of guanidine groups is 1. The van der Waals surface area contributed by atoms with Crippen molar-refractivity contribution < 1.29 is 14.3 Å². The number of carbonyl (C=O) groups is 1. The number of hydrogen-bond acceptors (Lipinski definition) is 4. The van der Waals surface area contributed by atoms with Crippen molar-refractivity contribution in [2.45, 2.75) is 26.3 Å². The van der Waals surface area contributed by atoms with Crippen LogP contribution in [0, 0.1) is 0 Å². The smallest absolute Gasteiger partial charge is 0.341 e. The molecule has 6 nitrogen and oxygen atoms in total. The SMILES string of the molecule is COC(=O)c1ccc(CN=C(N)Nc2cccc(C(C)C)c2)cc1OC. The van der Waals surface area contributed by atoms with Crippen LogP contribution in [0.15, 0.2) is 47.5 Å². The molecule has 2 rings (SSSR count). The number of esters is 1. The minimum atomic E-state index is -0.442. The zero-order valence-corrected chi connectivity index (χ0v) is 15.6. The first-order chi connectivity index (χ1) is 12.4. The molecule has 2 aromatic carbocycles. The van der Waals surface area contributed by atoms with Crippen LogP contribution in [0.25, 0.3) is 0 Å². The molecule has 0 bridgehead atoms. The molecule has 0 saturated heterocycles. The Hall–Kier alpha value is -3.02. The number of nitrogens with two attached hydrogens (primary N) is 1. The second-order valence-electron chi connectivity index (χ2n) is 6.13. The number of benzene rings is 2. The van der Waals surface area contributed by atoms with Crippen LogP contribution in [0.3, 0.4) is 0 Å². The summed E-state index contributed by atoms with van der Waals surface area (Å²) in [5, 5.41) is 3.10. The van der Waals surface area contributed by atoms with E-state index in [2.05, 4.69) is 36.3 Å². The van der Waals surface area contributed by atoms with Gasteiger partial charge in [0.15, 0.2) is 5.96 Å². The molecule has 0 amide bonds. The molecule has 0 aliphatic carbocycles. The van der Waals surface area contributed by atoms with E-state index in [9.17, 15) is 4.79 Å². The zero-order chi connectivity index (χ0) is 19.1. The second-order valence-corrected chi connectivity index (χ2v) is 6.13. The van der Waals surface area contributed by atoms with E-state index >= 15 is 0 Å². The van der Waals surface area contributed by atoms with Crippen LogP contribution in [-0.2, 0) is 11.3 Å². The summed E-state index contributed by atoms with van der Waals surface area (Å²) in [6.45, 7) is 4.64. The lowest BCUT2D eigenvalue weighted by Crippen LogP contribution is -2.22. The van der Waals surface area contributed by atoms with Gasteiger partial charge >= 0.3 is 5.97 Å². The van der Waals surface area contributed by atoms with Crippen LogP contribution in [0.2, 0.25) is 0 Å². The molecule has 3 N–H and O–H groups in total. The number of nitrogens with one attached hydrogen (secondary N) is 1. The highest BCUT2D eigenvalue weighted by molar-refractivity contribution is 5.93. The molecule has 0 radical (unpaired) electrons. The van der Waals surface area contributed by atoms with Crippen molar-refractivity contribution in [1.29, 1.82) is 0 Å². The van der Waals surface area contributed by atoms with Crippen molar-refractivity contribution in [2.75, 3.05) is 19.5 Å². The van der Waals surface area contributed by atoms with Gasteiger partial charge in [-0.15, -0.1) is 0 Å². The molecular formula is C20H25N3O3. The fourth-order valence-corrected chi connectivity index (χ4v) is 2.45. The number of aliphatic imine (C=N–C) groups is 1. The first kappa shape index (κ1) is 19.3. The number of anilines is 1. The number of rotatable bonds is 6. The third-order valence-electron chi connectivity index (χ3n) is 3.93. The van der Waals surface area contributed by atoms with Gasteiger partial charge < -0.3 is 20.5 Å². The van der Waals surface area contributed by atoms with Gasteiger partial charge in [0.25, 0.3) is 0 Å². The molecule has 0 unspecified atom stereocenters. The molecule has 0 aliphatic rings. The maximum Gasteiger partial charge on any atom is 0.341 e. The van der Waals surface area contributed by atoms with Crippen LogP contribution in [-0.4, -0.2) is 26.1 Å². The van der Waals surface area contributed by atoms with Crippen molar-refractivity contribution in [1.82, 2.24) is 0 Å². The van der Waals surface area contributed by atoms with E-state index in [0.29, 0.717) is 29.7 Å². The molecule has 0 saturated carbocycles. The lowest BCUT2D eigenvalue weighted by atomic mass is 10.0. The highest BCUT2D eigenvalue weighted by Crippen LogP contribution is 2.22. The molecule has 0 atom stereocenters. The first-order valence-electron chi connectivity index (χ1n) is 8.36. The van der Waals surface area contributed by atoms with E-state index in [-0.39, 0.29) is 0 Å². The van der Waals surface area contributed by atoms with Gasteiger partial charge in [0.05, 0.1) is 20.8 Å². The summed E-state index contributed by atoms with van der Waals surface area (Å²) in [6, 6.07) is 13.3. The van der Waals surface area contributed by atoms with E-state index in [1.807, 2.05) is 12.1 Å². The summed E-state index contributed by atoms with van der Waals surface area (Å²) in [6.07, 6.45) is 0. The van der Waals surface area contributed by atoms with Gasteiger partial charge in [-0.05, 0) is 41.3 Å². The minimum absolute atomic E-state index is 0.321. The molecule has 26 heavy (non-hydrogen) atoms. The van der Waals surface area contributed by atoms with Crippen LogP contribution < -0.4 is 15.8 Å². The van der Waals surface area contributed by atoms with Gasteiger partial charge in [-0.2, -0.15) is 0 Å². The normalized spacial score (nSPS) is 11.3. The Bertz CT molecular complexity index is 801. The molecule has 138 valence electrons. The van der Waals surface area contributed by atoms with E-state index in [1.165, 1.54) is 19.8 Å². The van der Waals surface area contributed by atoms with Crippen LogP contribution in [0.5, 0.6) is 5.75 Å². The van der Waals surface area contributed by atoms with Gasteiger partial charge in [0, 0.05) is 5.69 Å². The third-order valence-corrected chi connectivity index (χ3v) is 3.93. The largest absolute Gasteiger partial charge is 0.496 e. The number of nitrogens with zero attached hydrogens (tertiary/aromatic N) is 1. The van der Waals surface area contributed by atoms with E-state index in [1.54, 1.807) is 18.2 Å². The topological polar surface area (TPSA) is 85.9 Å². The summed E-state index contributed by atoms with van der Waals surface area (Å²) < 4.78 is 9.98. The number of ether oxygens (including phenoxy) is 2. The average Bonchev–Trinajstić information content (AvgIpc) is 2.65. The van der Waals surface area contributed by atoms with Crippen LogP contribution in [0.1, 0.15) is 41.3 Å². The summed E-state index contributed by atoms with van der Waals surface area (Å²) >= 11 is 0. The predicted molar refractivity (Wildman–Crippen MR) is 104 cm³/mol. The Balaban J connectivity index is 2.09. The van der Waals surface area contributed by atoms with E-state index in [4.69, 9.17) is 15.2 Å². The number of methoxy groups -OCH3 is 2. The number of hydrogen-bond donors (Lipinski definition) is 2. The standard InChI is InChI=1S/C20H25N3O3/c1-13(2)15-6-5-7-16(11-15)23-20(21)22-12-14-8-9-17(19(24)26-4)18(10-14)25-3/h5-11,13H,12H2,1-4H3,(H3,21,22,23). The maximum absolute atomic E-state index is 11.7. The molecule has 6 heteroatoms. The molecule has 0 fully saturated rings. The predicted octanol–water partition coefficient (Wildman–Crippen LogP) is 3.53. The fraction of sp³-hybridized carbons (Fsp3) is 0.300. The maximum atomic E-state index is 11.7. The molecule has 0 heterocycles. The number of carbonyl (C=O) groups excluding carboxylic acids is 1. The van der Waals surface area contributed by atoms with E-state index < -0.39 is 5.97 Å². The molecule has 0 spiro atoms. The van der Waals surface area contributed by atoms with Crippen molar-refractivity contribution in [2.24, 2.45) is 10.7 Å². The summed E-state index contributed by atoms with van der Waals surface area (Å²) in [7, 11) is 2.84. The molecule has 2 aromatic rings. The Morgan fingerprint density at radius 1 is 1.19 bits per heavy atom. The van der Waals surface area contributed by atoms with Crippen molar-refractivity contribution in [3.8, 4) is 5.75 Å². The van der Waals surface area contributed by atoms with Crippen LogP contribution in [0.4, 0.5) is 5.69 Å². The van der Waals surface area contributed by atoms with Crippen molar-refractivity contribution in [3.63, 3.8) is 0 Å². The highest BCUT2D eigenvalue weighted by atomic mass is 16.5. The first-order valence-corrected chi connectivity index (χ1v) is 8.36. The highest BCUT2D eigenvalue weighted by Gasteiger charge is 2.12.